The molecule has 6 nitrogen and oxygen atoms in total. The number of hydrogen-bond acceptors (Lipinski definition) is 5. The van der Waals surface area contributed by atoms with Gasteiger partial charge in [-0.25, -0.2) is 17.1 Å². The molecule has 11 heteroatoms. The number of nitrogens with zero attached hydrogens (tertiary/aromatic N) is 3. The van der Waals surface area contributed by atoms with Gasteiger partial charge in [0.05, 0.1) is 15.7 Å². The Kier molecular flexibility index (Phi) is 7.98. The number of hydrogen-bond donors (Lipinski definition) is 0. The molecule has 0 heterocycles. The van der Waals surface area contributed by atoms with Crippen molar-refractivity contribution in [3.05, 3.63) is 46.2 Å². The number of aliphatic imine (C=N–C) groups is 2. The van der Waals surface area contributed by atoms with E-state index in [0.717, 1.165) is 10.4 Å². The third kappa shape index (κ3) is 5.78. The first kappa shape index (κ1) is 26.5. The third-order valence-corrected chi connectivity index (χ3v) is 12.1. The molecule has 2 aromatic rings. The maximum Gasteiger partial charge on any atom is 0.250 e. The minimum atomic E-state index is -3.95. The number of sulfonamides is 1. The lowest BCUT2D eigenvalue weighted by molar-refractivity contribution is 0.473. The zero-order valence-corrected chi connectivity index (χ0v) is 22.3. The van der Waals surface area contributed by atoms with Crippen molar-refractivity contribution in [1.82, 2.24) is 4.31 Å². The maximum absolute atomic E-state index is 13.2. The molecule has 2 rings (SSSR count). The van der Waals surface area contributed by atoms with Crippen molar-refractivity contribution in [2.75, 3.05) is 14.1 Å². The van der Waals surface area contributed by atoms with E-state index in [4.69, 9.17) is 27.6 Å². The molecule has 174 valence electrons. The summed E-state index contributed by atoms with van der Waals surface area (Å²) in [4.78, 5) is 8.05. The van der Waals surface area contributed by atoms with Crippen LogP contribution in [0.1, 0.15) is 20.8 Å². The van der Waals surface area contributed by atoms with E-state index in [1.54, 1.807) is 0 Å². The molecular weight excluding hydrogens is 492 g/mol. The van der Waals surface area contributed by atoms with Crippen molar-refractivity contribution in [2.45, 2.75) is 43.8 Å². The zero-order valence-electron chi connectivity index (χ0n) is 19.0. The van der Waals surface area contributed by atoms with Crippen molar-refractivity contribution < 1.29 is 17.2 Å². The molecule has 0 aliphatic carbocycles. The average Bonchev–Trinajstić information content (AvgIpc) is 2.63. The second-order valence-electron chi connectivity index (χ2n) is 8.79. The van der Waals surface area contributed by atoms with Gasteiger partial charge in [-0.05, 0) is 48.5 Å². The maximum atomic E-state index is 13.2. The normalized spacial score (nSPS) is 12.5. The van der Waals surface area contributed by atoms with Crippen molar-refractivity contribution in [1.29, 1.82) is 0 Å². The van der Waals surface area contributed by atoms with E-state index in [9.17, 15) is 12.8 Å². The highest BCUT2D eigenvalue weighted by atomic mass is 35.5. The molecule has 0 aliphatic rings. The summed E-state index contributed by atoms with van der Waals surface area (Å²) in [6.07, 6.45) is 0. The predicted octanol–water partition coefficient (Wildman–Crippen LogP) is 6.90. The molecule has 0 spiro atoms. The number of halogens is 3. The van der Waals surface area contributed by atoms with Crippen LogP contribution in [0.5, 0.6) is 5.75 Å². The van der Waals surface area contributed by atoms with E-state index >= 15 is 0 Å². The van der Waals surface area contributed by atoms with Crippen LogP contribution in [0.3, 0.4) is 0 Å². The van der Waals surface area contributed by atoms with Gasteiger partial charge in [-0.3, -0.25) is 0 Å². The predicted molar refractivity (Wildman–Crippen MR) is 131 cm³/mol. The molecule has 0 aromatic heterocycles. The lowest BCUT2D eigenvalue weighted by Gasteiger charge is -2.37. The fourth-order valence-corrected chi connectivity index (χ4v) is 5.06. The van der Waals surface area contributed by atoms with Crippen molar-refractivity contribution in [2.24, 2.45) is 9.98 Å². The van der Waals surface area contributed by atoms with Crippen LogP contribution in [0, 0.1) is 5.82 Å². The lowest BCUT2D eigenvalue weighted by atomic mass is 10.2. The van der Waals surface area contributed by atoms with Crippen molar-refractivity contribution in [3.63, 3.8) is 0 Å². The van der Waals surface area contributed by atoms with Gasteiger partial charge in [0.15, 0.2) is 5.75 Å². The molecule has 0 fully saturated rings. The molecule has 32 heavy (non-hydrogen) atoms. The first-order valence-corrected chi connectivity index (χ1v) is 14.7. The lowest BCUT2D eigenvalue weighted by Crippen LogP contribution is -2.44. The molecule has 0 bridgehead atoms. The van der Waals surface area contributed by atoms with Gasteiger partial charge >= 0.3 is 0 Å². The van der Waals surface area contributed by atoms with Gasteiger partial charge in [-0.1, -0.05) is 44.0 Å². The van der Waals surface area contributed by atoms with Gasteiger partial charge in [0.2, 0.25) is 10.0 Å². The Bertz CT molecular complexity index is 1190. The highest BCUT2D eigenvalue weighted by Gasteiger charge is 2.41. The SMILES string of the molecule is CN(C)S(=O)(=O)c1c(Cl)ccc(N=C=Nc2ccc(F)cc2Cl)c1O[Si](C)(C)C(C)(C)C. The summed E-state index contributed by atoms with van der Waals surface area (Å²) in [6, 6.07) is 9.19. The van der Waals surface area contributed by atoms with E-state index in [1.165, 1.54) is 38.4 Å². The molecule has 0 radical (unpaired) electrons. The zero-order chi connectivity index (χ0) is 24.5. The topological polar surface area (TPSA) is 71.3 Å². The Morgan fingerprint density at radius 1 is 1.03 bits per heavy atom. The average molecular weight is 519 g/mol. The van der Waals surface area contributed by atoms with Gasteiger partial charge in [-0.2, -0.15) is 9.98 Å². The summed E-state index contributed by atoms with van der Waals surface area (Å²) < 4.78 is 46.8. The van der Waals surface area contributed by atoms with Crippen LogP contribution in [0.4, 0.5) is 15.8 Å². The molecule has 0 N–H and O–H groups in total. The van der Waals surface area contributed by atoms with E-state index in [0.29, 0.717) is 0 Å². The van der Waals surface area contributed by atoms with Gasteiger partial charge in [0.25, 0.3) is 8.32 Å². The fraction of sp³-hybridized carbons (Fsp3) is 0.381. The number of rotatable bonds is 6. The van der Waals surface area contributed by atoms with Crippen molar-refractivity contribution >= 4 is 58.9 Å². The summed E-state index contributed by atoms with van der Waals surface area (Å²) >= 11 is 12.3. The van der Waals surface area contributed by atoms with Crippen LogP contribution in [0.2, 0.25) is 28.2 Å². The molecule has 0 aliphatic heterocycles. The summed E-state index contributed by atoms with van der Waals surface area (Å²) in [5, 5.41) is -0.104. The first-order valence-electron chi connectivity index (χ1n) is 9.63. The summed E-state index contributed by atoms with van der Waals surface area (Å²) in [7, 11) is -3.61. The molecule has 0 atom stereocenters. The summed E-state index contributed by atoms with van der Waals surface area (Å²) in [5.74, 6) is -0.446. The van der Waals surface area contributed by atoms with Gasteiger partial charge < -0.3 is 4.43 Å². The summed E-state index contributed by atoms with van der Waals surface area (Å²) in [5.41, 5.74) is 0.459. The van der Waals surface area contributed by atoms with Crippen LogP contribution in [0.25, 0.3) is 0 Å². The van der Waals surface area contributed by atoms with Crippen LogP contribution >= 0.6 is 23.2 Å². The molecule has 2 aromatic carbocycles. The molecule has 0 unspecified atom stereocenters. The fourth-order valence-electron chi connectivity index (χ4n) is 2.25. The van der Waals surface area contributed by atoms with E-state index in [-0.39, 0.29) is 37.1 Å². The first-order chi connectivity index (χ1) is 14.6. The van der Waals surface area contributed by atoms with Gasteiger partial charge in [0, 0.05) is 14.1 Å². The van der Waals surface area contributed by atoms with E-state index in [2.05, 4.69) is 16.0 Å². The second kappa shape index (κ2) is 9.63. The minimum absolute atomic E-state index is 0.0184. The Balaban J connectivity index is 2.74. The molecule has 0 saturated carbocycles. The Morgan fingerprint density at radius 3 is 2.12 bits per heavy atom. The van der Waals surface area contributed by atoms with E-state index < -0.39 is 24.2 Å². The van der Waals surface area contributed by atoms with Crippen LogP contribution in [-0.2, 0) is 10.0 Å². The smallest absolute Gasteiger partial charge is 0.250 e. The van der Waals surface area contributed by atoms with E-state index in [1.807, 2.05) is 33.9 Å². The van der Waals surface area contributed by atoms with Crippen molar-refractivity contribution in [3.8, 4) is 5.75 Å². The quantitative estimate of drug-likeness (QED) is 0.308. The minimum Gasteiger partial charge on any atom is -0.541 e. The summed E-state index contributed by atoms with van der Waals surface area (Å²) in [6.45, 7) is 10.1. The Labute approximate surface area is 199 Å². The van der Waals surface area contributed by atoms with Crippen LogP contribution < -0.4 is 4.43 Å². The second-order valence-corrected chi connectivity index (χ2v) is 16.4. The molecule has 0 saturated heterocycles. The highest BCUT2D eigenvalue weighted by molar-refractivity contribution is 7.89. The van der Waals surface area contributed by atoms with Crippen LogP contribution in [-0.4, -0.2) is 41.1 Å². The number of benzene rings is 2. The highest BCUT2D eigenvalue weighted by Crippen LogP contribution is 2.45. The Morgan fingerprint density at radius 2 is 1.59 bits per heavy atom. The Hall–Kier alpha value is -1.74. The monoisotopic (exact) mass is 517 g/mol. The van der Waals surface area contributed by atoms with Crippen LogP contribution in [0.15, 0.2) is 45.2 Å². The largest absolute Gasteiger partial charge is 0.541 e. The molecule has 0 amide bonds. The molecular formula is C21H26Cl2FN3O3SSi. The third-order valence-electron chi connectivity index (χ3n) is 5.20. The standard InChI is InChI=1S/C21H26Cl2FN3O3SSi/c1-21(2,3)32(6,7)30-19-18(11-9-15(22)20(19)31(28,29)27(4)5)26-13-25-17-10-8-14(24)12-16(17)23/h8-12H,1-7H3. The van der Waals surface area contributed by atoms with Gasteiger partial charge in [-0.15, -0.1) is 0 Å². The van der Waals surface area contributed by atoms with Gasteiger partial charge in [0.1, 0.15) is 22.4 Å².